The number of anilines is 1. The van der Waals surface area contributed by atoms with Crippen molar-refractivity contribution in [3.05, 3.63) is 53.3 Å². The second-order valence-corrected chi connectivity index (χ2v) is 4.71. The first-order valence-electron chi connectivity index (χ1n) is 6.28. The Morgan fingerprint density at radius 2 is 2.22 bits per heavy atom. The van der Waals surface area contributed by atoms with Gasteiger partial charge in [-0.1, -0.05) is 16.8 Å². The van der Waals surface area contributed by atoms with Crippen molar-refractivity contribution in [3.8, 4) is 17.6 Å². The summed E-state index contributed by atoms with van der Waals surface area (Å²) in [6.07, 6.45) is 4.41. The summed E-state index contributed by atoms with van der Waals surface area (Å²) < 4.78 is 4.90. The Bertz CT molecular complexity index is 903. The minimum Gasteiger partial charge on any atom is -0.328 e. The monoisotopic (exact) mass is 326 g/mol. The van der Waals surface area contributed by atoms with Crippen LogP contribution in [-0.2, 0) is 0 Å². The molecule has 0 saturated heterocycles. The number of halogens is 1. The summed E-state index contributed by atoms with van der Waals surface area (Å²) >= 11 is 5.86. The Hall–Kier alpha value is -3.31. The van der Waals surface area contributed by atoms with Gasteiger partial charge in [-0.05, 0) is 18.2 Å². The van der Waals surface area contributed by atoms with Crippen molar-refractivity contribution in [2.75, 3.05) is 5.32 Å². The van der Waals surface area contributed by atoms with Crippen molar-refractivity contribution in [3.63, 3.8) is 0 Å². The fourth-order valence-corrected chi connectivity index (χ4v) is 1.90. The van der Waals surface area contributed by atoms with Crippen LogP contribution < -0.4 is 5.32 Å². The van der Waals surface area contributed by atoms with Gasteiger partial charge in [0.25, 0.3) is 0 Å². The molecule has 9 heteroatoms. The van der Waals surface area contributed by atoms with Gasteiger partial charge in [-0.2, -0.15) is 10.2 Å². The van der Waals surface area contributed by atoms with E-state index in [9.17, 15) is 4.79 Å². The van der Waals surface area contributed by atoms with Gasteiger partial charge < -0.3 is 9.84 Å². The van der Waals surface area contributed by atoms with Crippen LogP contribution in [0.4, 0.5) is 5.69 Å². The normalized spacial score (nSPS) is 10.1. The van der Waals surface area contributed by atoms with Gasteiger partial charge in [0, 0.05) is 17.4 Å². The molecule has 0 fully saturated rings. The van der Waals surface area contributed by atoms with E-state index in [0.29, 0.717) is 10.7 Å². The lowest BCUT2D eigenvalue weighted by Crippen LogP contribution is -2.13. The molecule has 0 saturated carbocycles. The van der Waals surface area contributed by atoms with Crippen molar-refractivity contribution in [1.82, 2.24) is 20.1 Å². The summed E-state index contributed by atoms with van der Waals surface area (Å²) in [5.74, 6) is -0.796. The zero-order chi connectivity index (χ0) is 16.2. The molecule has 0 atom stereocenters. The van der Waals surface area contributed by atoms with Crippen LogP contribution in [0, 0.1) is 11.3 Å². The van der Waals surface area contributed by atoms with E-state index in [-0.39, 0.29) is 23.0 Å². The van der Waals surface area contributed by atoms with Crippen molar-refractivity contribution in [2.24, 2.45) is 0 Å². The minimum absolute atomic E-state index is 0.134. The summed E-state index contributed by atoms with van der Waals surface area (Å²) in [5.41, 5.74) is 0.886. The number of benzene rings is 1. The number of hydrogen-bond donors (Lipinski definition) is 1. The molecule has 1 amide bonds. The highest BCUT2D eigenvalue weighted by Gasteiger charge is 2.18. The molecule has 1 aromatic carbocycles. The lowest BCUT2D eigenvalue weighted by atomic mass is 10.2. The van der Waals surface area contributed by atoms with E-state index in [0.717, 1.165) is 0 Å². The Morgan fingerprint density at radius 3 is 2.96 bits per heavy atom. The first kappa shape index (κ1) is 14.6. The van der Waals surface area contributed by atoms with Crippen LogP contribution in [0.5, 0.6) is 0 Å². The average Bonchev–Trinajstić information content (AvgIpc) is 3.06. The van der Waals surface area contributed by atoms with E-state index in [1.54, 1.807) is 6.07 Å². The number of nitriles is 1. The van der Waals surface area contributed by atoms with Crippen molar-refractivity contribution in [1.29, 1.82) is 5.26 Å². The van der Waals surface area contributed by atoms with E-state index in [1.807, 2.05) is 6.07 Å². The van der Waals surface area contributed by atoms with Crippen LogP contribution in [0.3, 0.4) is 0 Å². The number of nitrogens with one attached hydrogen (secondary N) is 1. The minimum atomic E-state index is -0.661. The maximum absolute atomic E-state index is 12.1. The molecule has 0 spiro atoms. The van der Waals surface area contributed by atoms with Crippen molar-refractivity contribution in [2.45, 2.75) is 0 Å². The largest absolute Gasteiger partial charge is 0.328 e. The van der Waals surface area contributed by atoms with Crippen LogP contribution in [0.15, 0.2) is 41.3 Å². The predicted octanol–water partition coefficient (Wildman–Crippen LogP) is 2.30. The van der Waals surface area contributed by atoms with Gasteiger partial charge in [0.1, 0.15) is 11.8 Å². The molecule has 0 bridgehead atoms. The molecule has 0 aliphatic carbocycles. The SMILES string of the molecule is N#Cc1ccc(Cl)cc1NC(=O)c1nc(-c2cnccn2)no1. The first-order valence-corrected chi connectivity index (χ1v) is 6.66. The fourth-order valence-electron chi connectivity index (χ4n) is 1.73. The second kappa shape index (κ2) is 6.21. The average molecular weight is 327 g/mol. The number of nitrogens with zero attached hydrogens (tertiary/aromatic N) is 5. The maximum atomic E-state index is 12.1. The molecule has 0 radical (unpaired) electrons. The third-order valence-corrected chi connectivity index (χ3v) is 3.00. The molecule has 3 aromatic rings. The Labute approximate surface area is 134 Å². The topological polar surface area (TPSA) is 118 Å². The third-order valence-electron chi connectivity index (χ3n) is 2.76. The van der Waals surface area contributed by atoms with Gasteiger partial charge in [0.15, 0.2) is 0 Å². The van der Waals surface area contributed by atoms with Crippen molar-refractivity contribution < 1.29 is 9.32 Å². The van der Waals surface area contributed by atoms with E-state index in [4.69, 9.17) is 21.4 Å². The van der Waals surface area contributed by atoms with E-state index < -0.39 is 5.91 Å². The van der Waals surface area contributed by atoms with E-state index >= 15 is 0 Å². The van der Waals surface area contributed by atoms with Gasteiger partial charge in [-0.15, -0.1) is 0 Å². The molecule has 1 N–H and O–H groups in total. The number of amides is 1. The summed E-state index contributed by atoms with van der Waals surface area (Å²) in [6.45, 7) is 0. The lowest BCUT2D eigenvalue weighted by Gasteiger charge is -2.04. The quantitative estimate of drug-likeness (QED) is 0.784. The molecular formula is C14H7ClN6O2. The molecule has 3 rings (SSSR count). The van der Waals surface area contributed by atoms with Gasteiger partial charge in [-0.3, -0.25) is 9.78 Å². The van der Waals surface area contributed by atoms with Gasteiger partial charge >= 0.3 is 11.8 Å². The molecule has 2 aromatic heterocycles. The molecule has 0 aliphatic heterocycles. The van der Waals surface area contributed by atoms with E-state index in [2.05, 4.69) is 25.4 Å². The first-order chi connectivity index (χ1) is 11.2. The van der Waals surface area contributed by atoms with Crippen LogP contribution in [0.2, 0.25) is 5.02 Å². The standard InChI is InChI=1S/C14H7ClN6O2/c15-9-2-1-8(6-16)10(5-9)19-13(22)14-20-12(21-23-14)11-7-17-3-4-18-11/h1-5,7H,(H,19,22). The molecular weight excluding hydrogens is 320 g/mol. The zero-order valence-electron chi connectivity index (χ0n) is 11.4. The van der Waals surface area contributed by atoms with Gasteiger partial charge in [-0.25, -0.2) is 4.98 Å². The van der Waals surface area contributed by atoms with Crippen LogP contribution in [0.25, 0.3) is 11.5 Å². The third kappa shape index (κ3) is 3.14. The number of aromatic nitrogens is 4. The van der Waals surface area contributed by atoms with Crippen molar-refractivity contribution >= 4 is 23.2 Å². The summed E-state index contributed by atoms with van der Waals surface area (Å²) in [5, 5.41) is 15.6. The Morgan fingerprint density at radius 1 is 1.35 bits per heavy atom. The van der Waals surface area contributed by atoms with Gasteiger partial charge in [0.2, 0.25) is 5.82 Å². The molecule has 112 valence electrons. The van der Waals surface area contributed by atoms with Crippen LogP contribution in [0.1, 0.15) is 16.2 Å². The molecule has 8 nitrogen and oxygen atoms in total. The van der Waals surface area contributed by atoms with Crippen LogP contribution >= 0.6 is 11.6 Å². The second-order valence-electron chi connectivity index (χ2n) is 4.27. The number of hydrogen-bond acceptors (Lipinski definition) is 7. The van der Waals surface area contributed by atoms with Crippen LogP contribution in [-0.4, -0.2) is 26.0 Å². The maximum Gasteiger partial charge on any atom is 0.316 e. The summed E-state index contributed by atoms with van der Waals surface area (Å²) in [4.78, 5) is 24.0. The molecule has 0 unspecified atom stereocenters. The number of carbonyl (C=O) groups excluding carboxylic acids is 1. The number of rotatable bonds is 3. The highest BCUT2D eigenvalue weighted by molar-refractivity contribution is 6.31. The summed E-state index contributed by atoms with van der Waals surface area (Å²) in [6, 6.07) is 6.46. The molecule has 2 heterocycles. The molecule has 23 heavy (non-hydrogen) atoms. The van der Waals surface area contributed by atoms with E-state index in [1.165, 1.54) is 30.7 Å². The lowest BCUT2D eigenvalue weighted by molar-refractivity contribution is 0.0981. The smallest absolute Gasteiger partial charge is 0.316 e. The van der Waals surface area contributed by atoms with Gasteiger partial charge in [0.05, 0.1) is 17.4 Å². The summed E-state index contributed by atoms with van der Waals surface area (Å²) in [7, 11) is 0. The fraction of sp³-hybridized carbons (Fsp3) is 0. The predicted molar refractivity (Wildman–Crippen MR) is 79.4 cm³/mol. The highest BCUT2D eigenvalue weighted by atomic mass is 35.5. The Balaban J connectivity index is 1.84. The number of carbonyl (C=O) groups is 1. The highest BCUT2D eigenvalue weighted by Crippen LogP contribution is 2.21. The molecule has 0 aliphatic rings. The Kier molecular flexibility index (Phi) is 3.95. The zero-order valence-corrected chi connectivity index (χ0v) is 12.2.